The lowest BCUT2D eigenvalue weighted by molar-refractivity contribution is 0.0497. The molecule has 3 fully saturated rings. The number of fused-ring (bicyclic) bond motifs is 3. The average molecular weight is 544 g/mol. The van der Waals surface area contributed by atoms with Gasteiger partial charge < -0.3 is 14.4 Å². The van der Waals surface area contributed by atoms with Gasteiger partial charge in [-0.15, -0.1) is 0 Å². The van der Waals surface area contributed by atoms with Crippen LogP contribution in [0.5, 0.6) is 5.75 Å². The van der Waals surface area contributed by atoms with Crippen LogP contribution in [0.4, 0.5) is 0 Å². The number of ether oxygens (including phenoxy) is 1. The zero-order valence-corrected chi connectivity index (χ0v) is 23.6. The number of phenols is 1. The minimum Gasteiger partial charge on any atom is -0.507 e. The maximum atomic E-state index is 14.1. The predicted molar refractivity (Wildman–Crippen MR) is 156 cm³/mol. The van der Waals surface area contributed by atoms with Gasteiger partial charge >= 0.3 is 5.97 Å². The summed E-state index contributed by atoms with van der Waals surface area (Å²) in [6.45, 7) is 0. The van der Waals surface area contributed by atoms with Crippen molar-refractivity contribution in [3.05, 3.63) is 69.6 Å². The maximum Gasteiger partial charge on any atom is 0.341 e. The van der Waals surface area contributed by atoms with E-state index in [2.05, 4.69) is 9.47 Å². The first-order valence-corrected chi connectivity index (χ1v) is 15.2. The van der Waals surface area contributed by atoms with Crippen molar-refractivity contribution < 1.29 is 14.6 Å². The number of hydrogen-bond acceptors (Lipinski definition) is 6. The van der Waals surface area contributed by atoms with Gasteiger partial charge in [0.25, 0.3) is 5.56 Å². The van der Waals surface area contributed by atoms with Crippen molar-refractivity contribution in [1.29, 1.82) is 0 Å². The Labute approximate surface area is 236 Å². The molecule has 1 aromatic heterocycles. The summed E-state index contributed by atoms with van der Waals surface area (Å²) in [4.78, 5) is 33.8. The molecule has 0 radical (unpaired) electrons. The van der Waals surface area contributed by atoms with E-state index in [1.54, 1.807) is 12.1 Å². The van der Waals surface area contributed by atoms with Crippen molar-refractivity contribution >= 4 is 17.0 Å². The molecule has 3 aromatic rings. The van der Waals surface area contributed by atoms with E-state index in [-0.39, 0.29) is 22.9 Å². The Morgan fingerprint density at radius 1 is 0.900 bits per heavy atom. The summed E-state index contributed by atoms with van der Waals surface area (Å²) in [5.41, 5.74) is 3.33. The standard InChI is InChI=1S/C33H41N3O4/c1-40-33(39)27-19-22(14-18-31(27)37)13-17-29-32(38)36(30-12-8-7-11-28(30)34-29)26-20-24-15-16-25(21-26)35(24)23-9-5-3-2-4-6-10-23/h7-8,11-12,14,18-19,23-26,37H,2-6,9-10,13,15-17,20-21H2,1H3/t24-,25+,26?. The molecule has 40 heavy (non-hydrogen) atoms. The molecule has 3 aliphatic rings. The summed E-state index contributed by atoms with van der Waals surface area (Å²) < 4.78 is 6.86. The highest BCUT2D eigenvalue weighted by atomic mass is 16.5. The fraction of sp³-hybridized carbons (Fsp3) is 0.545. The Morgan fingerprint density at radius 2 is 1.60 bits per heavy atom. The Hall–Kier alpha value is -3.19. The number of esters is 1. The number of aryl methyl sites for hydroxylation is 2. The molecule has 0 amide bonds. The second-order valence-corrected chi connectivity index (χ2v) is 12.0. The van der Waals surface area contributed by atoms with E-state index in [0.717, 1.165) is 29.4 Å². The number of methoxy groups -OCH3 is 1. The van der Waals surface area contributed by atoms with Crippen LogP contribution in [0, 0.1) is 0 Å². The van der Waals surface area contributed by atoms with Gasteiger partial charge in [-0.05, 0) is 81.2 Å². The normalized spacial score (nSPS) is 24.1. The Balaban J connectivity index is 1.27. The number of rotatable bonds is 6. The summed E-state index contributed by atoms with van der Waals surface area (Å²) in [6.07, 6.45) is 15.0. The van der Waals surface area contributed by atoms with E-state index in [1.807, 2.05) is 24.3 Å². The van der Waals surface area contributed by atoms with E-state index in [0.29, 0.717) is 36.7 Å². The largest absolute Gasteiger partial charge is 0.507 e. The lowest BCUT2D eigenvalue weighted by atomic mass is 9.89. The highest BCUT2D eigenvalue weighted by molar-refractivity contribution is 5.92. The van der Waals surface area contributed by atoms with Crippen LogP contribution in [0.3, 0.4) is 0 Å². The first-order valence-electron chi connectivity index (χ1n) is 15.2. The van der Waals surface area contributed by atoms with Gasteiger partial charge in [-0.1, -0.05) is 50.3 Å². The molecule has 1 saturated carbocycles. The minimum absolute atomic E-state index is 0.00877. The van der Waals surface area contributed by atoms with Crippen LogP contribution in [0.1, 0.15) is 98.3 Å². The molecule has 0 spiro atoms. The van der Waals surface area contributed by atoms with Crippen LogP contribution < -0.4 is 5.56 Å². The highest BCUT2D eigenvalue weighted by Crippen LogP contribution is 2.44. The van der Waals surface area contributed by atoms with Crippen LogP contribution in [-0.4, -0.2) is 50.8 Å². The molecule has 3 heterocycles. The topological polar surface area (TPSA) is 84.7 Å². The fourth-order valence-electron chi connectivity index (χ4n) is 7.73. The number of hydrogen-bond donors (Lipinski definition) is 1. The van der Waals surface area contributed by atoms with Crippen molar-refractivity contribution in [1.82, 2.24) is 14.5 Å². The molecule has 3 atom stereocenters. The van der Waals surface area contributed by atoms with Gasteiger partial charge in [0.05, 0.1) is 18.1 Å². The molecule has 212 valence electrons. The lowest BCUT2D eigenvalue weighted by Gasteiger charge is -2.45. The zero-order chi connectivity index (χ0) is 27.6. The summed E-state index contributed by atoms with van der Waals surface area (Å²) in [5.74, 6) is -0.687. The lowest BCUT2D eigenvalue weighted by Crippen LogP contribution is -2.50. The molecular formula is C33H41N3O4. The SMILES string of the molecule is COC(=O)c1cc(CCc2nc3ccccc3n(C3C[C@H]4CC[C@@H](C3)N4C3CCCCCCC3)c2=O)ccc1O. The number of aromatic hydroxyl groups is 1. The number of carbonyl (C=O) groups is 1. The van der Waals surface area contributed by atoms with Gasteiger partial charge in [0.15, 0.2) is 0 Å². The van der Waals surface area contributed by atoms with Gasteiger partial charge in [-0.3, -0.25) is 9.69 Å². The Kier molecular flexibility index (Phi) is 7.92. The fourth-order valence-corrected chi connectivity index (χ4v) is 7.73. The number of para-hydroxylation sites is 2. The molecule has 1 aliphatic carbocycles. The Morgan fingerprint density at radius 3 is 2.33 bits per heavy atom. The molecule has 2 aliphatic heterocycles. The van der Waals surface area contributed by atoms with Crippen molar-refractivity contribution in [2.24, 2.45) is 0 Å². The van der Waals surface area contributed by atoms with Crippen molar-refractivity contribution in [2.45, 2.75) is 108 Å². The molecule has 2 aromatic carbocycles. The summed E-state index contributed by atoms with van der Waals surface area (Å²) in [6, 6.07) is 15.0. The second kappa shape index (κ2) is 11.7. The van der Waals surface area contributed by atoms with Crippen LogP contribution in [0.15, 0.2) is 47.3 Å². The van der Waals surface area contributed by atoms with Gasteiger partial charge in [-0.2, -0.15) is 0 Å². The number of benzene rings is 2. The Bertz CT molecular complexity index is 1410. The molecule has 2 saturated heterocycles. The zero-order valence-electron chi connectivity index (χ0n) is 23.6. The van der Waals surface area contributed by atoms with E-state index in [4.69, 9.17) is 9.72 Å². The van der Waals surface area contributed by atoms with E-state index < -0.39 is 5.97 Å². The number of carbonyl (C=O) groups excluding carboxylic acids is 1. The monoisotopic (exact) mass is 543 g/mol. The number of piperidine rings is 1. The van der Waals surface area contributed by atoms with Crippen LogP contribution >= 0.6 is 0 Å². The molecule has 1 unspecified atom stereocenters. The maximum absolute atomic E-state index is 14.1. The third-order valence-corrected chi connectivity index (χ3v) is 9.61. The van der Waals surface area contributed by atoms with Crippen molar-refractivity contribution in [2.75, 3.05) is 7.11 Å². The summed E-state index contributed by atoms with van der Waals surface area (Å²) >= 11 is 0. The molecular weight excluding hydrogens is 502 g/mol. The molecule has 6 rings (SSSR count). The second-order valence-electron chi connectivity index (χ2n) is 12.0. The molecule has 2 bridgehead atoms. The minimum atomic E-state index is -0.578. The average Bonchev–Trinajstić information content (AvgIpc) is 3.20. The van der Waals surface area contributed by atoms with Gasteiger partial charge in [-0.25, -0.2) is 9.78 Å². The first kappa shape index (κ1) is 27.0. The molecule has 1 N–H and O–H groups in total. The van der Waals surface area contributed by atoms with Crippen LogP contribution in [0.2, 0.25) is 0 Å². The quantitative estimate of drug-likeness (QED) is 0.387. The van der Waals surface area contributed by atoms with E-state index in [1.165, 1.54) is 71.0 Å². The van der Waals surface area contributed by atoms with Gasteiger partial charge in [0, 0.05) is 24.2 Å². The van der Waals surface area contributed by atoms with Gasteiger partial charge in [0.2, 0.25) is 0 Å². The third-order valence-electron chi connectivity index (χ3n) is 9.61. The first-order chi connectivity index (χ1) is 19.5. The van der Waals surface area contributed by atoms with E-state index >= 15 is 0 Å². The highest BCUT2D eigenvalue weighted by Gasteiger charge is 2.44. The van der Waals surface area contributed by atoms with Gasteiger partial charge in [0.1, 0.15) is 17.0 Å². The van der Waals surface area contributed by atoms with Crippen molar-refractivity contribution in [3.8, 4) is 5.75 Å². The smallest absolute Gasteiger partial charge is 0.341 e. The third kappa shape index (κ3) is 5.28. The number of aromatic nitrogens is 2. The molecule has 7 heteroatoms. The molecule has 7 nitrogen and oxygen atoms in total. The van der Waals surface area contributed by atoms with Crippen LogP contribution in [-0.2, 0) is 17.6 Å². The number of phenolic OH excluding ortho intramolecular Hbond substituents is 1. The summed E-state index contributed by atoms with van der Waals surface area (Å²) in [7, 11) is 1.30. The predicted octanol–water partition coefficient (Wildman–Crippen LogP) is 5.95. The van der Waals surface area contributed by atoms with Crippen LogP contribution in [0.25, 0.3) is 11.0 Å². The number of nitrogens with zero attached hydrogens (tertiary/aromatic N) is 3. The van der Waals surface area contributed by atoms with Crippen molar-refractivity contribution in [3.63, 3.8) is 0 Å². The summed E-state index contributed by atoms with van der Waals surface area (Å²) in [5, 5.41) is 10.1. The van der Waals surface area contributed by atoms with E-state index in [9.17, 15) is 14.7 Å².